The molecule has 0 amide bonds. The zero-order chi connectivity index (χ0) is 8.27. The van der Waals surface area contributed by atoms with Gasteiger partial charge in [-0.15, -0.1) is 0 Å². The van der Waals surface area contributed by atoms with Gasteiger partial charge in [0.15, 0.2) is 0 Å². The molecule has 0 bridgehead atoms. The van der Waals surface area contributed by atoms with Crippen LogP contribution in [0.25, 0.3) is 0 Å². The van der Waals surface area contributed by atoms with Crippen molar-refractivity contribution in [3.05, 3.63) is 0 Å². The molecule has 1 aliphatic rings. The van der Waals surface area contributed by atoms with Crippen LogP contribution in [0, 0.1) is 0 Å². The summed E-state index contributed by atoms with van der Waals surface area (Å²) in [7, 11) is 1.59. The molecule has 0 spiro atoms. The second-order valence-electron chi connectivity index (χ2n) is 2.60. The molecular weight excluding hydrogens is 150 g/mol. The predicted octanol–water partition coefficient (Wildman–Crippen LogP) is 0.566. The molecule has 0 aliphatic heterocycles. The van der Waals surface area contributed by atoms with Crippen molar-refractivity contribution in [2.75, 3.05) is 7.11 Å². The third kappa shape index (κ3) is 2.39. The maximum atomic E-state index is 8.34. The molecule has 1 aliphatic carbocycles. The molecule has 2 N–H and O–H groups in total. The number of hydrogen-bond donors (Lipinski definition) is 2. The first-order valence-corrected chi connectivity index (χ1v) is 3.61. The second-order valence-corrected chi connectivity index (χ2v) is 2.60. The number of nitrogens with zero attached hydrogens (tertiary/aromatic N) is 1. The van der Waals surface area contributed by atoms with Gasteiger partial charge in [-0.05, 0) is 19.3 Å². The minimum Gasteiger partial charge on any atom is -0.379 e. The summed E-state index contributed by atoms with van der Waals surface area (Å²) in [6.45, 7) is 0. The standard InChI is InChI=1S/C6H13NO4/c1-10-5-3-2-4-6(5)11-7(8)9/h5-6,8-9H,2-4H2,1H3/t5-,6-/m1/s1. The first-order valence-electron chi connectivity index (χ1n) is 3.61. The van der Waals surface area contributed by atoms with Crippen LogP contribution in [0.4, 0.5) is 0 Å². The van der Waals surface area contributed by atoms with Crippen LogP contribution >= 0.6 is 0 Å². The SMILES string of the molecule is CO[C@@H]1CCC[C@H]1ON(O)O. The van der Waals surface area contributed by atoms with Crippen LogP contribution in [-0.4, -0.2) is 35.1 Å². The summed E-state index contributed by atoms with van der Waals surface area (Å²) in [5.74, 6) is 0. The Labute approximate surface area is 65.0 Å². The van der Waals surface area contributed by atoms with Gasteiger partial charge in [-0.1, -0.05) is 0 Å². The molecule has 5 nitrogen and oxygen atoms in total. The second kappa shape index (κ2) is 3.99. The van der Waals surface area contributed by atoms with Crippen LogP contribution in [-0.2, 0) is 9.57 Å². The molecule has 66 valence electrons. The zero-order valence-corrected chi connectivity index (χ0v) is 6.43. The number of methoxy groups -OCH3 is 1. The summed E-state index contributed by atoms with van der Waals surface area (Å²) in [5.41, 5.74) is 0. The molecule has 5 heteroatoms. The van der Waals surface area contributed by atoms with Gasteiger partial charge in [-0.2, -0.15) is 0 Å². The average Bonchev–Trinajstić information content (AvgIpc) is 2.34. The van der Waals surface area contributed by atoms with Crippen LogP contribution in [0.3, 0.4) is 0 Å². The van der Waals surface area contributed by atoms with E-state index in [1.165, 1.54) is 0 Å². The number of hydrogen-bond acceptors (Lipinski definition) is 5. The highest BCUT2D eigenvalue weighted by Gasteiger charge is 2.29. The Bertz CT molecular complexity index is 119. The van der Waals surface area contributed by atoms with Crippen LogP contribution in [0.5, 0.6) is 0 Å². The Balaban J connectivity index is 2.31. The molecule has 11 heavy (non-hydrogen) atoms. The summed E-state index contributed by atoms with van der Waals surface area (Å²) in [6.07, 6.45) is 2.47. The molecule has 0 aromatic carbocycles. The van der Waals surface area contributed by atoms with Crippen LogP contribution in [0.2, 0.25) is 0 Å². The van der Waals surface area contributed by atoms with Crippen molar-refractivity contribution < 1.29 is 20.0 Å². The highest BCUT2D eigenvalue weighted by molar-refractivity contribution is 4.77. The van der Waals surface area contributed by atoms with Crippen molar-refractivity contribution >= 4 is 0 Å². The van der Waals surface area contributed by atoms with Crippen LogP contribution in [0.15, 0.2) is 0 Å². The van der Waals surface area contributed by atoms with E-state index in [0.717, 1.165) is 19.3 Å². The van der Waals surface area contributed by atoms with Crippen molar-refractivity contribution in [3.63, 3.8) is 0 Å². The molecule has 0 saturated heterocycles. The Morgan fingerprint density at radius 3 is 2.45 bits per heavy atom. The lowest BCUT2D eigenvalue weighted by molar-refractivity contribution is -0.507. The Kier molecular flexibility index (Phi) is 3.22. The van der Waals surface area contributed by atoms with Crippen molar-refractivity contribution in [1.82, 2.24) is 5.39 Å². The van der Waals surface area contributed by atoms with Gasteiger partial charge in [0.1, 0.15) is 6.10 Å². The lowest BCUT2D eigenvalue weighted by atomic mass is 10.3. The summed E-state index contributed by atoms with van der Waals surface area (Å²) in [5, 5.41) is 16.4. The predicted molar refractivity (Wildman–Crippen MR) is 34.9 cm³/mol. The van der Waals surface area contributed by atoms with Gasteiger partial charge in [0.25, 0.3) is 0 Å². The Morgan fingerprint density at radius 2 is 1.91 bits per heavy atom. The van der Waals surface area contributed by atoms with E-state index < -0.39 is 0 Å². The van der Waals surface area contributed by atoms with Gasteiger partial charge in [0.05, 0.1) is 11.5 Å². The molecule has 0 radical (unpaired) electrons. The average molecular weight is 163 g/mol. The third-order valence-electron chi connectivity index (χ3n) is 1.92. The minimum absolute atomic E-state index is 0.0169. The summed E-state index contributed by atoms with van der Waals surface area (Å²) >= 11 is 0. The normalized spacial score (nSPS) is 31.6. The summed E-state index contributed by atoms with van der Waals surface area (Å²) in [4.78, 5) is 4.63. The van der Waals surface area contributed by atoms with Gasteiger partial charge in [-0.3, -0.25) is 10.4 Å². The smallest absolute Gasteiger partial charge is 0.110 e. The molecule has 0 aromatic heterocycles. The number of ether oxygens (including phenoxy) is 1. The monoisotopic (exact) mass is 163 g/mol. The third-order valence-corrected chi connectivity index (χ3v) is 1.92. The molecule has 0 unspecified atom stereocenters. The van der Waals surface area contributed by atoms with Gasteiger partial charge in [0.2, 0.25) is 0 Å². The maximum absolute atomic E-state index is 8.34. The minimum atomic E-state index is -0.248. The Hall–Kier alpha value is -0.200. The summed E-state index contributed by atoms with van der Waals surface area (Å²) in [6, 6.07) is 0. The first kappa shape index (κ1) is 8.89. The fourth-order valence-corrected chi connectivity index (χ4v) is 1.40. The fraction of sp³-hybridized carbons (Fsp3) is 1.00. The maximum Gasteiger partial charge on any atom is 0.110 e. The molecule has 1 saturated carbocycles. The van der Waals surface area contributed by atoms with E-state index in [1.807, 2.05) is 0 Å². The van der Waals surface area contributed by atoms with Crippen molar-refractivity contribution in [1.29, 1.82) is 0 Å². The van der Waals surface area contributed by atoms with Gasteiger partial charge < -0.3 is 4.74 Å². The molecule has 1 fully saturated rings. The van der Waals surface area contributed by atoms with E-state index in [2.05, 4.69) is 4.84 Å². The molecule has 1 rings (SSSR count). The van der Waals surface area contributed by atoms with Crippen LogP contribution < -0.4 is 0 Å². The highest BCUT2D eigenvalue weighted by Crippen LogP contribution is 2.24. The highest BCUT2D eigenvalue weighted by atomic mass is 17.1. The fourth-order valence-electron chi connectivity index (χ4n) is 1.40. The number of rotatable bonds is 3. The van der Waals surface area contributed by atoms with E-state index in [9.17, 15) is 0 Å². The van der Waals surface area contributed by atoms with Gasteiger partial charge in [0, 0.05) is 7.11 Å². The van der Waals surface area contributed by atoms with Crippen molar-refractivity contribution in [3.8, 4) is 0 Å². The van der Waals surface area contributed by atoms with E-state index in [1.54, 1.807) is 7.11 Å². The molecule has 0 heterocycles. The van der Waals surface area contributed by atoms with E-state index in [0.29, 0.717) is 0 Å². The zero-order valence-electron chi connectivity index (χ0n) is 6.43. The first-order chi connectivity index (χ1) is 5.24. The van der Waals surface area contributed by atoms with Crippen molar-refractivity contribution in [2.24, 2.45) is 0 Å². The topological polar surface area (TPSA) is 62.2 Å². The van der Waals surface area contributed by atoms with E-state index in [4.69, 9.17) is 15.2 Å². The lowest BCUT2D eigenvalue weighted by Crippen LogP contribution is -2.31. The van der Waals surface area contributed by atoms with Crippen LogP contribution in [0.1, 0.15) is 19.3 Å². The molecule has 0 aromatic rings. The van der Waals surface area contributed by atoms with Gasteiger partial charge in [-0.25, -0.2) is 4.84 Å². The van der Waals surface area contributed by atoms with Crippen molar-refractivity contribution in [2.45, 2.75) is 31.5 Å². The van der Waals surface area contributed by atoms with E-state index >= 15 is 0 Å². The molecular formula is C6H13NO4. The largest absolute Gasteiger partial charge is 0.379 e. The molecule has 2 atom stereocenters. The van der Waals surface area contributed by atoms with Gasteiger partial charge >= 0.3 is 0 Å². The van der Waals surface area contributed by atoms with E-state index in [-0.39, 0.29) is 17.6 Å². The summed E-state index contributed by atoms with van der Waals surface area (Å²) < 4.78 is 5.05. The quantitative estimate of drug-likeness (QED) is 0.595. The lowest BCUT2D eigenvalue weighted by Gasteiger charge is -2.18. The Morgan fingerprint density at radius 1 is 1.27 bits per heavy atom.